The number of amides is 6. The normalized spacial score (nSPS) is 25.2. The number of hydrogen-bond acceptors (Lipinski definition) is 7. The number of thiocarbonyl (C=S) groups is 1. The summed E-state index contributed by atoms with van der Waals surface area (Å²) >= 11 is 5.23. The summed E-state index contributed by atoms with van der Waals surface area (Å²) in [5.74, 6) is -2.02. The molecule has 1 N–H and O–H groups in total. The predicted octanol–water partition coefficient (Wildman–Crippen LogP) is 1.67. The summed E-state index contributed by atoms with van der Waals surface area (Å²) in [6.45, 7) is 4.48. The van der Waals surface area contributed by atoms with Crippen LogP contribution in [0, 0.1) is 5.41 Å². The van der Waals surface area contributed by atoms with Crippen molar-refractivity contribution in [3.63, 3.8) is 0 Å². The Bertz CT molecular complexity index is 1280. The number of nitrogens with one attached hydrogen (secondary N) is 1. The molecular weight excluding hydrogens is 494 g/mol. The van der Waals surface area contributed by atoms with Crippen LogP contribution in [0.5, 0.6) is 0 Å². The molecule has 0 saturated carbocycles. The van der Waals surface area contributed by atoms with Crippen molar-refractivity contribution in [2.75, 3.05) is 25.5 Å². The van der Waals surface area contributed by atoms with Gasteiger partial charge in [0.05, 0.1) is 6.04 Å². The zero-order valence-electron chi connectivity index (χ0n) is 21.2. The first kappa shape index (κ1) is 25.1. The molecule has 1 spiro atoms. The van der Waals surface area contributed by atoms with Crippen molar-refractivity contribution < 1.29 is 24.0 Å². The lowest BCUT2D eigenvalue weighted by molar-refractivity contribution is -0.159. The minimum absolute atomic E-state index is 0.0340. The molecule has 5 rings (SSSR count). The van der Waals surface area contributed by atoms with E-state index in [-0.39, 0.29) is 29.2 Å². The Morgan fingerprint density at radius 3 is 2.46 bits per heavy atom. The molecule has 3 saturated heterocycles. The Morgan fingerprint density at radius 2 is 1.81 bits per heavy atom. The molecule has 10 nitrogen and oxygen atoms in total. The summed E-state index contributed by atoms with van der Waals surface area (Å²) in [4.78, 5) is 71.1. The highest BCUT2D eigenvalue weighted by Gasteiger charge is 2.63. The van der Waals surface area contributed by atoms with Gasteiger partial charge in [0, 0.05) is 32.4 Å². The van der Waals surface area contributed by atoms with Gasteiger partial charge >= 0.3 is 6.03 Å². The first-order valence-electron chi connectivity index (χ1n) is 12.4. The van der Waals surface area contributed by atoms with Crippen molar-refractivity contribution in [2.24, 2.45) is 5.41 Å². The predicted molar refractivity (Wildman–Crippen MR) is 139 cm³/mol. The molecule has 1 aromatic rings. The third kappa shape index (κ3) is 3.51. The summed E-state index contributed by atoms with van der Waals surface area (Å²) in [5.41, 5.74) is 0.816. The number of imide groups is 2. The van der Waals surface area contributed by atoms with Crippen LogP contribution >= 0.6 is 12.2 Å². The van der Waals surface area contributed by atoms with Gasteiger partial charge in [0.1, 0.15) is 5.57 Å². The number of carbonyl (C=O) groups is 5. The van der Waals surface area contributed by atoms with Gasteiger partial charge in [-0.3, -0.25) is 39.2 Å². The van der Waals surface area contributed by atoms with Crippen molar-refractivity contribution in [1.82, 2.24) is 20.0 Å². The maximum Gasteiger partial charge on any atom is 0.332 e. The van der Waals surface area contributed by atoms with E-state index >= 15 is 0 Å². The van der Waals surface area contributed by atoms with Gasteiger partial charge in [-0.15, -0.1) is 0 Å². The molecule has 2 atom stereocenters. The van der Waals surface area contributed by atoms with Crippen LogP contribution in [0.25, 0.3) is 6.08 Å². The largest absolute Gasteiger partial charge is 0.367 e. The zero-order chi connectivity index (χ0) is 26.8. The number of anilines is 1. The Labute approximate surface area is 220 Å². The number of nitrogens with zero attached hydrogens (tertiary/aromatic N) is 4. The van der Waals surface area contributed by atoms with Crippen LogP contribution in [0.2, 0.25) is 0 Å². The molecule has 0 aromatic heterocycles. The molecular formula is C26H29N5O5S. The molecule has 37 heavy (non-hydrogen) atoms. The van der Waals surface area contributed by atoms with Gasteiger partial charge in [-0.05, 0) is 74.2 Å². The number of urea groups is 1. The molecule has 1 aromatic carbocycles. The number of rotatable bonds is 3. The van der Waals surface area contributed by atoms with Crippen LogP contribution in [-0.4, -0.2) is 82.2 Å². The minimum atomic E-state index is -1.41. The highest BCUT2D eigenvalue weighted by Crippen LogP contribution is 2.49. The van der Waals surface area contributed by atoms with Crippen molar-refractivity contribution >= 4 is 58.8 Å². The first-order valence-corrected chi connectivity index (χ1v) is 12.8. The molecule has 4 heterocycles. The summed E-state index contributed by atoms with van der Waals surface area (Å²) in [5, 5.41) is 2.69. The van der Waals surface area contributed by atoms with Crippen LogP contribution in [0.15, 0.2) is 23.8 Å². The van der Waals surface area contributed by atoms with Crippen molar-refractivity contribution in [3.8, 4) is 0 Å². The standard InChI is InChI=1S/C26H29N5O5S/c1-5-14(2)31-21(33)17(20(32)27-24(31)37)12-15-8-9-18-16(11-15)13-26(19-7-6-10-30(18)19)22(34)28(3)25(36)29(4)23(26)35/h8-9,11-12,14,19H,5-7,10,13H2,1-4H3,(H,27,32,37)/b17-12+/t14-,19-/m1/s1. The topological polar surface area (TPSA) is 110 Å². The lowest BCUT2D eigenvalue weighted by Gasteiger charge is -2.50. The van der Waals surface area contributed by atoms with Crippen molar-refractivity contribution in [2.45, 2.75) is 51.6 Å². The second-order valence-corrected chi connectivity index (χ2v) is 10.5. The molecule has 11 heteroatoms. The van der Waals surface area contributed by atoms with E-state index in [0.29, 0.717) is 24.9 Å². The lowest BCUT2D eigenvalue weighted by atomic mass is 9.68. The minimum Gasteiger partial charge on any atom is -0.367 e. The number of barbiturate groups is 1. The molecule has 0 radical (unpaired) electrons. The highest BCUT2D eigenvalue weighted by molar-refractivity contribution is 7.80. The Balaban J connectivity index is 1.57. The van der Waals surface area contributed by atoms with E-state index < -0.39 is 35.1 Å². The van der Waals surface area contributed by atoms with Crippen LogP contribution < -0.4 is 10.2 Å². The average molecular weight is 524 g/mol. The molecule has 6 amide bonds. The molecule has 4 aliphatic heterocycles. The second kappa shape index (κ2) is 8.76. The quantitative estimate of drug-likeness (QED) is 0.278. The average Bonchev–Trinajstić information content (AvgIpc) is 3.38. The molecule has 0 aliphatic carbocycles. The Kier molecular flexibility index (Phi) is 5.93. The summed E-state index contributed by atoms with van der Waals surface area (Å²) in [6.07, 6.45) is 3.80. The van der Waals surface area contributed by atoms with E-state index in [0.717, 1.165) is 27.5 Å². The molecule has 4 aliphatic rings. The number of fused-ring (bicyclic) bond motifs is 4. The third-order valence-corrected chi connectivity index (χ3v) is 8.42. The summed E-state index contributed by atoms with van der Waals surface area (Å²) < 4.78 is 0. The lowest BCUT2D eigenvalue weighted by Crippen LogP contribution is -2.70. The fraction of sp³-hybridized carbons (Fsp3) is 0.462. The van der Waals surface area contributed by atoms with Crippen LogP contribution in [0.4, 0.5) is 10.5 Å². The molecule has 194 valence electrons. The van der Waals surface area contributed by atoms with Gasteiger partial charge in [-0.1, -0.05) is 13.0 Å². The van der Waals surface area contributed by atoms with Crippen LogP contribution in [0.1, 0.15) is 44.2 Å². The van der Waals surface area contributed by atoms with Crippen molar-refractivity contribution in [3.05, 3.63) is 34.9 Å². The summed E-state index contributed by atoms with van der Waals surface area (Å²) in [6, 6.07) is 4.38. The van der Waals surface area contributed by atoms with E-state index in [1.807, 2.05) is 32.0 Å². The molecule has 0 bridgehead atoms. The van der Waals surface area contributed by atoms with Crippen LogP contribution in [-0.2, 0) is 25.6 Å². The first-order chi connectivity index (χ1) is 17.5. The fourth-order valence-corrected chi connectivity index (χ4v) is 6.40. The third-order valence-electron chi connectivity index (χ3n) is 8.13. The smallest absolute Gasteiger partial charge is 0.332 e. The SMILES string of the molecule is CC[C@@H](C)N1C(=O)/C(=C/c2ccc3c(c2)CC2(C(=O)N(C)C(=O)N(C)C2=O)[C@H]2CCCN32)C(=O)NC1=S. The van der Waals surface area contributed by atoms with Crippen LogP contribution in [0.3, 0.4) is 0 Å². The van der Waals surface area contributed by atoms with Gasteiger partial charge in [0.2, 0.25) is 11.8 Å². The second-order valence-electron chi connectivity index (χ2n) is 10.1. The Morgan fingerprint density at radius 1 is 1.14 bits per heavy atom. The zero-order valence-corrected chi connectivity index (χ0v) is 22.1. The van der Waals surface area contributed by atoms with Gasteiger partial charge in [0.25, 0.3) is 11.8 Å². The number of benzene rings is 1. The van der Waals surface area contributed by atoms with Gasteiger partial charge in [-0.25, -0.2) is 4.79 Å². The van der Waals surface area contributed by atoms with E-state index in [1.165, 1.54) is 25.1 Å². The van der Waals surface area contributed by atoms with E-state index in [2.05, 4.69) is 10.2 Å². The van der Waals surface area contributed by atoms with Gasteiger partial charge in [-0.2, -0.15) is 0 Å². The van der Waals surface area contributed by atoms with E-state index in [1.54, 1.807) is 0 Å². The van der Waals surface area contributed by atoms with Gasteiger partial charge < -0.3 is 4.90 Å². The van der Waals surface area contributed by atoms with E-state index in [9.17, 15) is 24.0 Å². The fourth-order valence-electron chi connectivity index (χ4n) is 6.05. The Hall–Kier alpha value is -3.60. The highest BCUT2D eigenvalue weighted by atomic mass is 32.1. The monoisotopic (exact) mass is 523 g/mol. The van der Waals surface area contributed by atoms with Crippen molar-refractivity contribution in [1.29, 1.82) is 0 Å². The maximum atomic E-state index is 13.6. The number of carbonyl (C=O) groups excluding carboxylic acids is 5. The number of hydrogen-bond donors (Lipinski definition) is 1. The summed E-state index contributed by atoms with van der Waals surface area (Å²) in [7, 11) is 2.82. The maximum absolute atomic E-state index is 13.6. The molecule has 0 unspecified atom stereocenters. The van der Waals surface area contributed by atoms with E-state index in [4.69, 9.17) is 12.2 Å². The molecule has 3 fully saturated rings. The van der Waals surface area contributed by atoms with Gasteiger partial charge in [0.15, 0.2) is 10.5 Å².